The van der Waals surface area contributed by atoms with Gasteiger partial charge in [0.25, 0.3) is 0 Å². The van der Waals surface area contributed by atoms with Gasteiger partial charge in [-0.3, -0.25) is 5.32 Å². The van der Waals surface area contributed by atoms with Crippen LogP contribution in [0.25, 0.3) is 0 Å². The summed E-state index contributed by atoms with van der Waals surface area (Å²) in [5.74, 6) is 1.67. The predicted octanol–water partition coefficient (Wildman–Crippen LogP) is 5.79. The van der Waals surface area contributed by atoms with Crippen LogP contribution in [0.3, 0.4) is 0 Å². The van der Waals surface area contributed by atoms with Gasteiger partial charge in [0, 0.05) is 6.54 Å². The molecule has 3 heteroatoms. The molecule has 0 saturated heterocycles. The Balaban J connectivity index is 1.89. The zero-order chi connectivity index (χ0) is 21.5. The molecule has 0 spiro atoms. The second kappa shape index (κ2) is 9.50. The molecule has 0 saturated carbocycles. The molecular weight excluding hydrogens is 383 g/mol. The van der Waals surface area contributed by atoms with Crippen LogP contribution in [0.5, 0.6) is 11.5 Å². The summed E-state index contributed by atoms with van der Waals surface area (Å²) in [6.07, 6.45) is 0. The minimum atomic E-state index is -0.546. The van der Waals surface area contributed by atoms with E-state index in [2.05, 4.69) is 78.1 Å². The van der Waals surface area contributed by atoms with Crippen molar-refractivity contribution in [1.82, 2.24) is 5.32 Å². The van der Waals surface area contributed by atoms with Crippen molar-refractivity contribution < 1.29 is 9.47 Å². The number of hydrogen-bond acceptors (Lipinski definition) is 3. The number of methoxy groups -OCH3 is 2. The number of rotatable bonds is 8. The fourth-order valence-electron chi connectivity index (χ4n) is 4.01. The summed E-state index contributed by atoms with van der Waals surface area (Å²) in [5.41, 5.74) is 4.13. The van der Waals surface area contributed by atoms with E-state index in [0.29, 0.717) is 6.54 Å². The molecule has 0 radical (unpaired) electrons. The Morgan fingerprint density at radius 2 is 0.968 bits per heavy atom. The van der Waals surface area contributed by atoms with Gasteiger partial charge in [0.1, 0.15) is 11.5 Å². The van der Waals surface area contributed by atoms with Crippen molar-refractivity contribution in [1.29, 1.82) is 0 Å². The SMILES string of the molecule is COc1ccc(C([15NH]Cc2ccccc2)(c2ccccc2)c2ccc(OC)cc2)cc1. The lowest BCUT2D eigenvalue weighted by atomic mass is 9.78. The molecule has 0 aliphatic carbocycles. The largest absolute Gasteiger partial charge is 0.497 e. The zero-order valence-electron chi connectivity index (χ0n) is 17.9. The molecule has 0 heterocycles. The maximum absolute atomic E-state index is 5.42. The summed E-state index contributed by atoms with van der Waals surface area (Å²) in [6.45, 7) is 0.716. The predicted molar refractivity (Wildman–Crippen MR) is 126 cm³/mol. The van der Waals surface area contributed by atoms with Gasteiger partial charge in [0.2, 0.25) is 0 Å². The maximum Gasteiger partial charge on any atom is 0.118 e. The Kier molecular flexibility index (Phi) is 6.34. The van der Waals surface area contributed by atoms with Gasteiger partial charge in [-0.1, -0.05) is 84.9 Å². The van der Waals surface area contributed by atoms with Gasteiger partial charge in [-0.25, -0.2) is 0 Å². The van der Waals surface area contributed by atoms with E-state index in [-0.39, 0.29) is 0 Å². The van der Waals surface area contributed by atoms with Gasteiger partial charge in [0.15, 0.2) is 0 Å². The monoisotopic (exact) mass is 410 g/mol. The van der Waals surface area contributed by atoms with Crippen molar-refractivity contribution in [3.63, 3.8) is 0 Å². The summed E-state index contributed by atoms with van der Waals surface area (Å²) >= 11 is 0. The molecule has 0 aliphatic heterocycles. The van der Waals surface area contributed by atoms with Gasteiger partial charge in [-0.15, -0.1) is 0 Å². The third kappa shape index (κ3) is 4.32. The molecule has 0 unspecified atom stereocenters. The Morgan fingerprint density at radius 1 is 0.548 bits per heavy atom. The Labute approximate surface area is 184 Å². The first-order chi connectivity index (χ1) is 15.3. The highest BCUT2D eigenvalue weighted by molar-refractivity contribution is 5.51. The highest BCUT2D eigenvalue weighted by atomic mass is 16.5. The minimum absolute atomic E-state index is 0.546. The van der Waals surface area contributed by atoms with E-state index in [0.717, 1.165) is 22.6 Å². The number of nitrogens with one attached hydrogen (secondary N) is 1. The van der Waals surface area contributed by atoms with Gasteiger partial charge < -0.3 is 9.47 Å². The first kappa shape index (κ1) is 20.7. The van der Waals surface area contributed by atoms with Gasteiger partial charge >= 0.3 is 0 Å². The van der Waals surface area contributed by atoms with Gasteiger partial charge in [-0.2, -0.15) is 0 Å². The summed E-state index contributed by atoms with van der Waals surface area (Å²) in [4.78, 5) is 0. The van der Waals surface area contributed by atoms with Crippen LogP contribution < -0.4 is 14.8 Å². The van der Waals surface area contributed by atoms with E-state index in [1.165, 1.54) is 11.1 Å². The van der Waals surface area contributed by atoms with Crippen molar-refractivity contribution in [2.75, 3.05) is 14.2 Å². The highest BCUT2D eigenvalue weighted by Crippen LogP contribution is 2.38. The third-order valence-electron chi connectivity index (χ3n) is 5.65. The van der Waals surface area contributed by atoms with E-state index < -0.39 is 5.54 Å². The molecule has 0 aromatic heterocycles. The molecule has 1 N–H and O–H groups in total. The van der Waals surface area contributed by atoms with Crippen LogP contribution in [0, 0.1) is 0 Å². The number of benzene rings is 4. The van der Waals surface area contributed by atoms with Crippen LogP contribution in [-0.4, -0.2) is 14.2 Å². The molecular formula is C28H27NO2. The normalized spacial score (nSPS) is 11.2. The lowest BCUT2D eigenvalue weighted by Gasteiger charge is -2.37. The van der Waals surface area contributed by atoms with Crippen LogP contribution in [0.15, 0.2) is 109 Å². The average Bonchev–Trinajstić information content (AvgIpc) is 2.86. The second-order valence-electron chi connectivity index (χ2n) is 7.41. The van der Waals surface area contributed by atoms with E-state index >= 15 is 0 Å². The van der Waals surface area contributed by atoms with Crippen molar-refractivity contribution in [3.8, 4) is 11.5 Å². The molecule has 4 rings (SSSR count). The molecule has 0 amide bonds. The third-order valence-corrected chi connectivity index (χ3v) is 5.65. The highest BCUT2D eigenvalue weighted by Gasteiger charge is 2.36. The standard InChI is InChI=1S/C28H27NO2/c1-30-26-17-13-24(14-18-26)28(23-11-7-4-8-12-23,25-15-19-27(31-2)20-16-25)29-21-22-9-5-3-6-10-22/h3-20,29H,21H2,1-2H3/i29+1. The lowest BCUT2D eigenvalue weighted by Crippen LogP contribution is -2.44. The smallest absolute Gasteiger partial charge is 0.118 e. The fraction of sp³-hybridized carbons (Fsp3) is 0.143. The second-order valence-corrected chi connectivity index (χ2v) is 7.41. The lowest BCUT2D eigenvalue weighted by molar-refractivity contribution is 0.412. The van der Waals surface area contributed by atoms with E-state index in [9.17, 15) is 0 Å². The Bertz CT molecular complexity index is 1030. The van der Waals surface area contributed by atoms with Crippen molar-refractivity contribution in [2.45, 2.75) is 12.1 Å². The van der Waals surface area contributed by atoms with E-state index in [1.807, 2.05) is 36.4 Å². The van der Waals surface area contributed by atoms with Crippen LogP contribution in [0.2, 0.25) is 0 Å². The number of hydrogen-bond donors (Lipinski definition) is 1. The van der Waals surface area contributed by atoms with Crippen LogP contribution >= 0.6 is 0 Å². The molecule has 0 fully saturated rings. The average molecular weight is 411 g/mol. The van der Waals surface area contributed by atoms with Crippen LogP contribution in [0.1, 0.15) is 22.3 Å². The van der Waals surface area contributed by atoms with E-state index in [4.69, 9.17) is 9.47 Å². The van der Waals surface area contributed by atoms with Crippen LogP contribution in [-0.2, 0) is 12.1 Å². The number of ether oxygens (including phenoxy) is 2. The van der Waals surface area contributed by atoms with E-state index in [1.54, 1.807) is 14.2 Å². The van der Waals surface area contributed by atoms with Crippen molar-refractivity contribution in [3.05, 3.63) is 131 Å². The molecule has 156 valence electrons. The Morgan fingerprint density at radius 3 is 1.42 bits per heavy atom. The summed E-state index contributed by atoms with van der Waals surface area (Å²) in [7, 11) is 3.38. The zero-order valence-corrected chi connectivity index (χ0v) is 17.9. The topological polar surface area (TPSA) is 30.5 Å². The quantitative estimate of drug-likeness (QED) is 0.295. The maximum atomic E-state index is 5.42. The Hall–Kier alpha value is -3.56. The van der Waals surface area contributed by atoms with Gasteiger partial charge in [0.05, 0.1) is 19.8 Å². The molecule has 0 atom stereocenters. The summed E-state index contributed by atoms with van der Waals surface area (Å²) < 4.78 is 10.8. The molecule has 0 bridgehead atoms. The first-order valence-corrected chi connectivity index (χ1v) is 10.4. The summed E-state index contributed by atoms with van der Waals surface area (Å²) in [6, 6.07) is 37.6. The van der Waals surface area contributed by atoms with Crippen molar-refractivity contribution >= 4 is 0 Å². The molecule has 4 aromatic carbocycles. The molecule has 0 aliphatic rings. The van der Waals surface area contributed by atoms with Gasteiger partial charge in [-0.05, 0) is 46.5 Å². The van der Waals surface area contributed by atoms with Crippen LogP contribution in [0.4, 0.5) is 0 Å². The fourth-order valence-corrected chi connectivity index (χ4v) is 4.01. The molecule has 31 heavy (non-hydrogen) atoms. The summed E-state index contributed by atoms with van der Waals surface area (Å²) in [5, 5.41) is 3.89. The molecule has 4 aromatic rings. The minimum Gasteiger partial charge on any atom is -0.497 e. The molecule has 3 nitrogen and oxygen atoms in total. The first-order valence-electron chi connectivity index (χ1n) is 10.4. The van der Waals surface area contributed by atoms with Crippen molar-refractivity contribution in [2.24, 2.45) is 0 Å².